The van der Waals surface area contributed by atoms with Crippen LogP contribution >= 0.6 is 0 Å². The Kier molecular flexibility index (Phi) is 10.1. The molecule has 2 aromatic rings. The van der Waals surface area contributed by atoms with Gasteiger partial charge in [-0.15, -0.1) is 0 Å². The molecule has 6 heteroatoms. The van der Waals surface area contributed by atoms with Crippen LogP contribution in [-0.4, -0.2) is 38.4 Å². The van der Waals surface area contributed by atoms with Gasteiger partial charge >= 0.3 is 11.9 Å². The zero-order chi connectivity index (χ0) is 20.1. The maximum absolute atomic E-state index is 11.0. The van der Waals surface area contributed by atoms with Crippen LogP contribution in [0.4, 0.5) is 0 Å². The third kappa shape index (κ3) is 8.76. The Morgan fingerprint density at radius 3 is 2.00 bits per heavy atom. The van der Waals surface area contributed by atoms with E-state index in [9.17, 15) is 9.59 Å². The molecule has 0 radical (unpaired) electrons. The predicted octanol–water partition coefficient (Wildman–Crippen LogP) is 3.51. The Balaban J connectivity index is 0.000000289. The summed E-state index contributed by atoms with van der Waals surface area (Å²) in [5, 5.41) is 8.37. The fourth-order valence-electron chi connectivity index (χ4n) is 2.28. The summed E-state index contributed by atoms with van der Waals surface area (Å²) in [5.41, 5.74) is 2.10. The van der Waals surface area contributed by atoms with Crippen LogP contribution < -0.4 is 9.47 Å². The number of carbonyl (C=O) groups is 2. The molecule has 6 nitrogen and oxygen atoms in total. The first kappa shape index (κ1) is 22.0. The van der Waals surface area contributed by atoms with Gasteiger partial charge in [-0.05, 0) is 36.1 Å². The van der Waals surface area contributed by atoms with Crippen molar-refractivity contribution in [1.29, 1.82) is 0 Å². The van der Waals surface area contributed by atoms with Crippen LogP contribution in [0.5, 0.6) is 11.5 Å². The number of hydrogen-bond donors (Lipinski definition) is 1. The van der Waals surface area contributed by atoms with Crippen molar-refractivity contribution in [3.8, 4) is 11.5 Å². The third-order valence-electron chi connectivity index (χ3n) is 3.76. The minimum Gasteiger partial charge on any atom is -0.493 e. The van der Waals surface area contributed by atoms with Gasteiger partial charge in [0.1, 0.15) is 0 Å². The second-order valence-corrected chi connectivity index (χ2v) is 5.64. The highest BCUT2D eigenvalue weighted by Gasteiger charge is 2.06. The van der Waals surface area contributed by atoms with Gasteiger partial charge < -0.3 is 19.3 Å². The SMILES string of the molecule is COC(=O)CCc1ccc(OC)c(OC)c1.O=C(O)CCc1ccccc1. The Morgan fingerprint density at radius 2 is 1.44 bits per heavy atom. The number of ether oxygens (including phenoxy) is 3. The Morgan fingerprint density at radius 1 is 0.815 bits per heavy atom. The molecule has 1 N–H and O–H groups in total. The standard InChI is InChI=1S/C12H16O4.C9H10O2/c1-14-10-6-4-9(8-11(10)15-2)5-7-12(13)16-3;10-9(11)7-6-8-4-2-1-3-5-8/h4,6,8H,5,7H2,1-3H3;1-5H,6-7H2,(H,10,11). The van der Waals surface area contributed by atoms with Crippen molar-refractivity contribution in [1.82, 2.24) is 0 Å². The molecule has 0 aliphatic heterocycles. The van der Waals surface area contributed by atoms with Gasteiger partial charge in [-0.1, -0.05) is 36.4 Å². The summed E-state index contributed by atoms with van der Waals surface area (Å²) < 4.78 is 14.9. The lowest BCUT2D eigenvalue weighted by Gasteiger charge is -2.09. The van der Waals surface area contributed by atoms with Gasteiger partial charge in [-0.25, -0.2) is 0 Å². The van der Waals surface area contributed by atoms with Crippen LogP contribution in [0.15, 0.2) is 48.5 Å². The second-order valence-electron chi connectivity index (χ2n) is 5.64. The lowest BCUT2D eigenvalue weighted by Crippen LogP contribution is -2.02. The highest BCUT2D eigenvalue weighted by atomic mass is 16.5. The minimum atomic E-state index is -0.742. The lowest BCUT2D eigenvalue weighted by molar-refractivity contribution is -0.140. The molecular weight excluding hydrogens is 348 g/mol. The van der Waals surface area contributed by atoms with E-state index >= 15 is 0 Å². The molecule has 27 heavy (non-hydrogen) atoms. The number of aryl methyl sites for hydroxylation is 2. The molecule has 0 saturated carbocycles. The number of carboxylic acids is 1. The van der Waals surface area contributed by atoms with Gasteiger partial charge in [0.2, 0.25) is 0 Å². The van der Waals surface area contributed by atoms with E-state index in [-0.39, 0.29) is 12.4 Å². The van der Waals surface area contributed by atoms with Crippen LogP contribution in [0.3, 0.4) is 0 Å². The van der Waals surface area contributed by atoms with Crippen LogP contribution in [0, 0.1) is 0 Å². The summed E-state index contributed by atoms with van der Waals surface area (Å²) in [6, 6.07) is 15.2. The fraction of sp³-hybridized carbons (Fsp3) is 0.333. The summed E-state index contributed by atoms with van der Waals surface area (Å²) in [4.78, 5) is 21.2. The van der Waals surface area contributed by atoms with E-state index in [2.05, 4.69) is 4.74 Å². The van der Waals surface area contributed by atoms with Gasteiger partial charge in [0.25, 0.3) is 0 Å². The Bertz CT molecular complexity index is 712. The monoisotopic (exact) mass is 374 g/mol. The van der Waals surface area contributed by atoms with Gasteiger partial charge in [-0.2, -0.15) is 0 Å². The van der Waals surface area contributed by atoms with Crippen molar-refractivity contribution in [3.05, 3.63) is 59.7 Å². The average Bonchev–Trinajstić information content (AvgIpc) is 2.71. The molecular formula is C21H26O6. The highest BCUT2D eigenvalue weighted by molar-refractivity contribution is 5.69. The molecule has 0 heterocycles. The molecule has 0 spiro atoms. The number of esters is 1. The van der Waals surface area contributed by atoms with E-state index in [1.165, 1.54) is 7.11 Å². The molecule has 2 rings (SSSR count). The number of hydrogen-bond acceptors (Lipinski definition) is 5. The summed E-state index contributed by atoms with van der Waals surface area (Å²) in [7, 11) is 4.56. The fourth-order valence-corrected chi connectivity index (χ4v) is 2.28. The number of benzene rings is 2. The van der Waals surface area contributed by atoms with Crippen molar-refractivity contribution < 1.29 is 28.9 Å². The largest absolute Gasteiger partial charge is 0.493 e. The van der Waals surface area contributed by atoms with Gasteiger partial charge in [0, 0.05) is 12.8 Å². The summed E-state index contributed by atoms with van der Waals surface area (Å²) in [6.45, 7) is 0. The summed E-state index contributed by atoms with van der Waals surface area (Å²) >= 11 is 0. The first-order valence-electron chi connectivity index (χ1n) is 8.53. The molecule has 0 bridgehead atoms. The van der Waals surface area contributed by atoms with E-state index in [0.29, 0.717) is 30.8 Å². The van der Waals surface area contributed by atoms with E-state index in [4.69, 9.17) is 14.6 Å². The number of methoxy groups -OCH3 is 3. The third-order valence-corrected chi connectivity index (χ3v) is 3.76. The maximum Gasteiger partial charge on any atom is 0.305 e. The van der Waals surface area contributed by atoms with Crippen LogP contribution in [0.25, 0.3) is 0 Å². The summed E-state index contributed by atoms with van der Waals surface area (Å²) in [5.74, 6) is 0.401. The smallest absolute Gasteiger partial charge is 0.305 e. The minimum absolute atomic E-state index is 0.212. The quantitative estimate of drug-likeness (QED) is 0.712. The number of aliphatic carboxylic acids is 1. The van der Waals surface area contributed by atoms with Crippen molar-refractivity contribution >= 4 is 11.9 Å². The van der Waals surface area contributed by atoms with Crippen molar-refractivity contribution in [2.45, 2.75) is 25.7 Å². The molecule has 0 saturated heterocycles. The van der Waals surface area contributed by atoms with Gasteiger partial charge in [0.05, 0.1) is 21.3 Å². The number of carboxylic acid groups (broad SMARTS) is 1. The van der Waals surface area contributed by atoms with E-state index in [1.54, 1.807) is 14.2 Å². The van der Waals surface area contributed by atoms with Crippen LogP contribution in [-0.2, 0) is 27.2 Å². The molecule has 2 aromatic carbocycles. The molecule has 0 fully saturated rings. The van der Waals surface area contributed by atoms with Crippen LogP contribution in [0.2, 0.25) is 0 Å². The molecule has 0 unspecified atom stereocenters. The zero-order valence-corrected chi connectivity index (χ0v) is 15.9. The molecule has 146 valence electrons. The second kappa shape index (κ2) is 12.4. The first-order chi connectivity index (χ1) is 13.0. The topological polar surface area (TPSA) is 82.1 Å². The molecule has 0 aliphatic carbocycles. The van der Waals surface area contributed by atoms with E-state index < -0.39 is 5.97 Å². The molecule has 0 aromatic heterocycles. The van der Waals surface area contributed by atoms with Gasteiger partial charge in [-0.3, -0.25) is 9.59 Å². The maximum atomic E-state index is 11.0. The normalized spacial score (nSPS) is 9.59. The molecule has 0 atom stereocenters. The highest BCUT2D eigenvalue weighted by Crippen LogP contribution is 2.27. The predicted molar refractivity (Wildman–Crippen MR) is 102 cm³/mol. The van der Waals surface area contributed by atoms with Gasteiger partial charge in [0.15, 0.2) is 11.5 Å². The van der Waals surface area contributed by atoms with E-state index in [1.807, 2.05) is 48.5 Å². The molecule has 0 amide bonds. The van der Waals surface area contributed by atoms with E-state index in [0.717, 1.165) is 11.1 Å². The average molecular weight is 374 g/mol. The Labute approximate surface area is 159 Å². The van der Waals surface area contributed by atoms with Crippen molar-refractivity contribution in [2.75, 3.05) is 21.3 Å². The zero-order valence-electron chi connectivity index (χ0n) is 15.9. The van der Waals surface area contributed by atoms with Crippen molar-refractivity contribution in [2.24, 2.45) is 0 Å². The Hall–Kier alpha value is -3.02. The number of rotatable bonds is 8. The molecule has 0 aliphatic rings. The lowest BCUT2D eigenvalue weighted by atomic mass is 10.1. The number of carbonyl (C=O) groups excluding carboxylic acids is 1. The van der Waals surface area contributed by atoms with Crippen molar-refractivity contribution in [3.63, 3.8) is 0 Å². The first-order valence-corrected chi connectivity index (χ1v) is 8.53. The summed E-state index contributed by atoms with van der Waals surface area (Å²) in [6.07, 6.45) is 1.83. The van der Waals surface area contributed by atoms with Crippen LogP contribution in [0.1, 0.15) is 24.0 Å².